The van der Waals surface area contributed by atoms with E-state index >= 15 is 0 Å². The quantitative estimate of drug-likeness (QED) is 0.274. The topological polar surface area (TPSA) is 130 Å². The zero-order chi connectivity index (χ0) is 24.2. The summed E-state index contributed by atoms with van der Waals surface area (Å²) in [6.45, 7) is 11.5. The number of hydrogen-bond donors (Lipinski definition) is 0. The summed E-state index contributed by atoms with van der Waals surface area (Å²) in [5.74, 6) is -3.28. The van der Waals surface area contributed by atoms with E-state index < -0.39 is 60.3 Å². The molecule has 2 heterocycles. The van der Waals surface area contributed by atoms with Gasteiger partial charge in [0.25, 0.3) is 5.91 Å². The van der Waals surface area contributed by atoms with Crippen molar-refractivity contribution in [1.29, 1.82) is 0 Å². The Hall–Kier alpha value is -2.24. The second-order valence-electron chi connectivity index (χ2n) is 8.12. The third kappa shape index (κ3) is 6.63. The highest BCUT2D eigenvalue weighted by Gasteiger charge is 2.59. The van der Waals surface area contributed by atoms with E-state index in [0.717, 1.165) is 0 Å². The van der Waals surface area contributed by atoms with E-state index in [1.807, 2.05) is 13.8 Å². The molecule has 11 nitrogen and oxygen atoms in total. The van der Waals surface area contributed by atoms with E-state index in [9.17, 15) is 19.2 Å². The van der Waals surface area contributed by atoms with Crippen LogP contribution in [0.1, 0.15) is 48.5 Å². The van der Waals surface area contributed by atoms with Crippen LogP contribution in [0.25, 0.3) is 0 Å². The molecule has 2 fully saturated rings. The second-order valence-corrected chi connectivity index (χ2v) is 8.12. The first kappa shape index (κ1) is 26.0. The summed E-state index contributed by atoms with van der Waals surface area (Å²) in [6.07, 6.45) is -6.09. The maximum atomic E-state index is 12.7. The first-order valence-corrected chi connectivity index (χ1v) is 10.7. The minimum Gasteiger partial charge on any atom is -0.457 e. The molecule has 0 aromatic carbocycles. The van der Waals surface area contributed by atoms with Crippen LogP contribution < -0.4 is 0 Å². The van der Waals surface area contributed by atoms with Crippen LogP contribution in [0.15, 0.2) is 0 Å². The Morgan fingerprint density at radius 1 is 0.938 bits per heavy atom. The van der Waals surface area contributed by atoms with Gasteiger partial charge in [0.15, 0.2) is 30.2 Å². The monoisotopic (exact) mass is 459 g/mol. The number of epoxide rings is 1. The molecule has 1 amide bonds. The molecule has 0 bridgehead atoms. The third-order valence-electron chi connectivity index (χ3n) is 5.12. The van der Waals surface area contributed by atoms with Crippen molar-refractivity contribution in [2.24, 2.45) is 0 Å². The molecule has 0 radical (unpaired) electrons. The van der Waals surface area contributed by atoms with Gasteiger partial charge in [-0.1, -0.05) is 0 Å². The van der Waals surface area contributed by atoms with Crippen LogP contribution in [0.3, 0.4) is 0 Å². The fourth-order valence-corrected chi connectivity index (χ4v) is 3.72. The molecule has 2 aliphatic rings. The average Bonchev–Trinajstić information content (AvgIpc) is 3.46. The molecule has 0 saturated carbocycles. The lowest BCUT2D eigenvalue weighted by Crippen LogP contribution is -2.60. The largest absolute Gasteiger partial charge is 0.457 e. The van der Waals surface area contributed by atoms with Gasteiger partial charge in [0, 0.05) is 33.9 Å². The molecule has 0 N–H and O–H groups in total. The summed E-state index contributed by atoms with van der Waals surface area (Å²) >= 11 is 0. The number of amides is 1. The highest BCUT2D eigenvalue weighted by atomic mass is 16.7. The van der Waals surface area contributed by atoms with E-state index in [0.29, 0.717) is 13.1 Å². The highest BCUT2D eigenvalue weighted by Crippen LogP contribution is 2.36. The van der Waals surface area contributed by atoms with Crippen molar-refractivity contribution in [2.75, 3.05) is 19.7 Å². The van der Waals surface area contributed by atoms with Gasteiger partial charge in [0.05, 0.1) is 6.61 Å². The van der Waals surface area contributed by atoms with E-state index in [-0.39, 0.29) is 12.5 Å². The molecule has 182 valence electrons. The molecule has 32 heavy (non-hydrogen) atoms. The Kier molecular flexibility index (Phi) is 8.60. The first-order chi connectivity index (χ1) is 14.9. The van der Waals surface area contributed by atoms with E-state index in [1.165, 1.54) is 20.8 Å². The number of carbonyl (C=O) groups is 4. The lowest BCUT2D eigenvalue weighted by atomic mass is 9.97. The summed E-state index contributed by atoms with van der Waals surface area (Å²) in [7, 11) is 0. The van der Waals surface area contributed by atoms with Crippen LogP contribution in [0, 0.1) is 0 Å². The molecule has 0 unspecified atom stereocenters. The molecule has 11 heteroatoms. The lowest BCUT2D eigenvalue weighted by molar-refractivity contribution is -0.326. The van der Waals surface area contributed by atoms with Crippen LogP contribution >= 0.6 is 0 Å². The number of nitrogens with zero attached hydrogens (tertiary/aromatic N) is 1. The van der Waals surface area contributed by atoms with Crippen molar-refractivity contribution in [3.8, 4) is 0 Å². The van der Waals surface area contributed by atoms with Crippen molar-refractivity contribution < 1.29 is 47.6 Å². The Morgan fingerprint density at radius 3 is 1.94 bits per heavy atom. The minimum absolute atomic E-state index is 0.0326. The highest BCUT2D eigenvalue weighted by molar-refractivity contribution is 5.84. The van der Waals surface area contributed by atoms with Gasteiger partial charge in [-0.15, -0.1) is 0 Å². The number of rotatable bonds is 9. The van der Waals surface area contributed by atoms with Crippen molar-refractivity contribution in [3.05, 3.63) is 0 Å². The number of ether oxygens (including phenoxy) is 6. The number of hydrogen-bond acceptors (Lipinski definition) is 10. The van der Waals surface area contributed by atoms with Gasteiger partial charge in [-0.05, 0) is 27.7 Å². The first-order valence-electron chi connectivity index (χ1n) is 10.7. The van der Waals surface area contributed by atoms with Crippen molar-refractivity contribution in [1.82, 2.24) is 4.90 Å². The summed E-state index contributed by atoms with van der Waals surface area (Å²) in [5.41, 5.74) is 0. The van der Waals surface area contributed by atoms with Gasteiger partial charge in [0.2, 0.25) is 0 Å². The van der Waals surface area contributed by atoms with Crippen LogP contribution in [0.2, 0.25) is 0 Å². The molecular weight excluding hydrogens is 426 g/mol. The number of likely N-dealkylation sites (N-methyl/N-ethyl adjacent to an activating group) is 1. The zero-order valence-electron chi connectivity index (χ0n) is 19.6. The van der Waals surface area contributed by atoms with Crippen molar-refractivity contribution in [2.45, 2.75) is 90.9 Å². The van der Waals surface area contributed by atoms with Gasteiger partial charge in [-0.2, -0.15) is 0 Å². The standard InChI is InChI=1S/C21H33NO10/c1-8-22(9-2)20(26)19-18(31-19)17(30-13(5)25)16(29-12(4)24)15-14(28-11(3)23)10-27-21(6,7)32-15/h14-19H,8-10H2,1-7H3/t14-,15-,16+,17+,18-,19+/m1/s1. The van der Waals surface area contributed by atoms with Gasteiger partial charge in [-0.25, -0.2) is 0 Å². The van der Waals surface area contributed by atoms with Crippen molar-refractivity contribution in [3.63, 3.8) is 0 Å². The average molecular weight is 459 g/mol. The van der Waals surface area contributed by atoms with E-state index in [4.69, 9.17) is 28.4 Å². The normalized spacial score (nSPS) is 28.1. The molecule has 2 saturated heterocycles. The predicted octanol–water partition coefficient (Wildman–Crippen LogP) is 0.569. The number of carbonyl (C=O) groups excluding carboxylic acids is 4. The van der Waals surface area contributed by atoms with Gasteiger partial charge < -0.3 is 33.3 Å². The van der Waals surface area contributed by atoms with E-state index in [1.54, 1.807) is 18.7 Å². The summed E-state index contributed by atoms with van der Waals surface area (Å²) in [4.78, 5) is 49.8. The smallest absolute Gasteiger partial charge is 0.303 e. The predicted molar refractivity (Wildman–Crippen MR) is 108 cm³/mol. The lowest BCUT2D eigenvalue weighted by Gasteiger charge is -2.44. The Labute approximate surface area is 187 Å². The van der Waals surface area contributed by atoms with Crippen LogP contribution in [0.4, 0.5) is 0 Å². The molecule has 0 spiro atoms. The van der Waals surface area contributed by atoms with E-state index in [2.05, 4.69) is 0 Å². The van der Waals surface area contributed by atoms with Gasteiger partial charge in [-0.3, -0.25) is 19.2 Å². The fraction of sp³-hybridized carbons (Fsp3) is 0.810. The summed E-state index contributed by atoms with van der Waals surface area (Å²) in [5, 5.41) is 0. The molecular formula is C21H33NO10. The Bertz CT molecular complexity index is 719. The Morgan fingerprint density at radius 2 is 1.47 bits per heavy atom. The minimum atomic E-state index is -1.22. The van der Waals surface area contributed by atoms with Crippen LogP contribution in [-0.4, -0.2) is 90.8 Å². The van der Waals surface area contributed by atoms with Gasteiger partial charge in [0.1, 0.15) is 12.2 Å². The molecule has 2 aliphatic heterocycles. The SMILES string of the molecule is CCN(CC)C(=O)[C@H]1O[C@@H]1[C@@H](OC(C)=O)[C@@H](OC(C)=O)[C@@H]1OC(C)(C)OC[C@H]1OC(C)=O. The molecule has 2 rings (SSSR count). The zero-order valence-corrected chi connectivity index (χ0v) is 19.6. The maximum Gasteiger partial charge on any atom is 0.303 e. The summed E-state index contributed by atoms with van der Waals surface area (Å²) < 4.78 is 33.4. The molecule has 0 aromatic heterocycles. The van der Waals surface area contributed by atoms with Crippen LogP contribution in [-0.2, 0) is 47.6 Å². The number of esters is 3. The molecule has 6 atom stereocenters. The van der Waals surface area contributed by atoms with Crippen LogP contribution in [0.5, 0.6) is 0 Å². The summed E-state index contributed by atoms with van der Waals surface area (Å²) in [6, 6.07) is 0. The Balaban J connectivity index is 2.38. The van der Waals surface area contributed by atoms with Crippen molar-refractivity contribution >= 4 is 23.8 Å². The second kappa shape index (κ2) is 10.6. The van der Waals surface area contributed by atoms with Gasteiger partial charge >= 0.3 is 17.9 Å². The molecule has 0 aliphatic carbocycles. The maximum absolute atomic E-state index is 12.7. The fourth-order valence-electron chi connectivity index (χ4n) is 3.72. The molecule has 0 aromatic rings. The third-order valence-corrected chi connectivity index (χ3v) is 5.12.